The van der Waals surface area contributed by atoms with Crippen molar-refractivity contribution < 1.29 is 13.6 Å². The van der Waals surface area contributed by atoms with Crippen LogP contribution in [0.1, 0.15) is 21.5 Å². The molecule has 5 nitrogen and oxygen atoms in total. The fourth-order valence-electron chi connectivity index (χ4n) is 3.14. The maximum Gasteiger partial charge on any atom is 0.261 e. The van der Waals surface area contributed by atoms with Crippen LogP contribution < -0.4 is 10.9 Å². The second-order valence-corrected chi connectivity index (χ2v) is 7.87. The van der Waals surface area contributed by atoms with Crippen molar-refractivity contribution in [1.82, 2.24) is 14.9 Å². The summed E-state index contributed by atoms with van der Waals surface area (Å²) >= 11 is 3.36. The zero-order valence-electron chi connectivity index (χ0n) is 16.1. The van der Waals surface area contributed by atoms with Gasteiger partial charge in [-0.1, -0.05) is 34.1 Å². The van der Waals surface area contributed by atoms with Crippen molar-refractivity contribution in [1.29, 1.82) is 0 Å². The first-order valence-corrected chi connectivity index (χ1v) is 10.2. The molecule has 1 N–H and O–H groups in total. The first-order chi connectivity index (χ1) is 14.9. The second kappa shape index (κ2) is 8.77. The molecule has 4 rings (SSSR count). The predicted molar refractivity (Wildman–Crippen MR) is 117 cm³/mol. The van der Waals surface area contributed by atoms with Gasteiger partial charge < -0.3 is 5.32 Å². The fraction of sp³-hybridized carbons (Fsp3) is 0.0870. The summed E-state index contributed by atoms with van der Waals surface area (Å²) in [6.45, 7) is 0.247. The molecular weight excluding hydrogens is 468 g/mol. The summed E-state index contributed by atoms with van der Waals surface area (Å²) < 4.78 is 29.0. The molecule has 156 valence electrons. The molecule has 0 aliphatic carbocycles. The van der Waals surface area contributed by atoms with Crippen LogP contribution in [-0.4, -0.2) is 15.5 Å². The summed E-state index contributed by atoms with van der Waals surface area (Å²) in [4.78, 5) is 29.3. The normalized spacial score (nSPS) is 10.9. The molecule has 0 bridgehead atoms. The van der Waals surface area contributed by atoms with E-state index in [0.717, 1.165) is 22.2 Å². The first kappa shape index (κ1) is 20.9. The van der Waals surface area contributed by atoms with Crippen molar-refractivity contribution >= 4 is 32.7 Å². The summed E-state index contributed by atoms with van der Waals surface area (Å²) in [5, 5.41) is 3.12. The maximum atomic E-state index is 13.7. The Bertz CT molecular complexity index is 1340. The van der Waals surface area contributed by atoms with E-state index in [4.69, 9.17) is 0 Å². The number of rotatable bonds is 5. The Hall–Kier alpha value is -3.39. The molecule has 0 aliphatic heterocycles. The molecule has 0 atom stereocenters. The Kier molecular flexibility index (Phi) is 5.90. The maximum absolute atomic E-state index is 13.7. The molecule has 0 fully saturated rings. The van der Waals surface area contributed by atoms with Crippen molar-refractivity contribution in [2.45, 2.75) is 13.1 Å². The number of fused-ring (bicyclic) bond motifs is 1. The van der Waals surface area contributed by atoms with E-state index >= 15 is 0 Å². The van der Waals surface area contributed by atoms with Crippen LogP contribution in [0.3, 0.4) is 0 Å². The van der Waals surface area contributed by atoms with Gasteiger partial charge in [-0.2, -0.15) is 0 Å². The summed E-state index contributed by atoms with van der Waals surface area (Å²) in [6.07, 6.45) is 1.50. The van der Waals surface area contributed by atoms with E-state index in [9.17, 15) is 18.4 Å². The van der Waals surface area contributed by atoms with Crippen LogP contribution in [0.25, 0.3) is 10.9 Å². The number of carbonyl (C=O) groups is 1. The third-order valence-electron chi connectivity index (χ3n) is 4.81. The third kappa shape index (κ3) is 4.69. The summed E-state index contributed by atoms with van der Waals surface area (Å²) in [5.74, 6) is -1.77. The Morgan fingerprint density at radius 3 is 2.55 bits per heavy atom. The van der Waals surface area contributed by atoms with Gasteiger partial charge in [0.1, 0.15) is 11.6 Å². The van der Waals surface area contributed by atoms with Crippen molar-refractivity contribution in [2.24, 2.45) is 0 Å². The third-order valence-corrected chi connectivity index (χ3v) is 5.30. The number of hydrogen-bond acceptors (Lipinski definition) is 3. The molecule has 1 aromatic heterocycles. The quantitative estimate of drug-likeness (QED) is 0.457. The largest absolute Gasteiger partial charge is 0.348 e. The van der Waals surface area contributed by atoms with E-state index in [0.29, 0.717) is 23.0 Å². The van der Waals surface area contributed by atoms with Gasteiger partial charge in [-0.15, -0.1) is 0 Å². The smallest absolute Gasteiger partial charge is 0.261 e. The molecule has 1 amide bonds. The molecule has 0 saturated heterocycles. The molecule has 0 spiro atoms. The molecule has 0 saturated carbocycles. The minimum absolute atomic E-state index is 0.0551. The lowest BCUT2D eigenvalue weighted by molar-refractivity contribution is 0.0950. The summed E-state index contributed by atoms with van der Waals surface area (Å²) in [6, 6.07) is 15.3. The monoisotopic (exact) mass is 483 g/mol. The summed E-state index contributed by atoms with van der Waals surface area (Å²) in [7, 11) is 0. The molecule has 0 unspecified atom stereocenters. The van der Waals surface area contributed by atoms with Gasteiger partial charge in [-0.3, -0.25) is 14.2 Å². The van der Waals surface area contributed by atoms with E-state index in [1.807, 2.05) is 6.07 Å². The number of nitrogens with one attached hydrogen (secondary N) is 1. The molecule has 8 heteroatoms. The van der Waals surface area contributed by atoms with Crippen LogP contribution in [0.4, 0.5) is 8.78 Å². The predicted octanol–water partition coefficient (Wildman–Crippen LogP) is 4.42. The highest BCUT2D eigenvalue weighted by atomic mass is 79.9. The van der Waals surface area contributed by atoms with E-state index in [1.54, 1.807) is 36.4 Å². The average Bonchev–Trinajstić information content (AvgIpc) is 2.76. The van der Waals surface area contributed by atoms with Crippen LogP contribution >= 0.6 is 15.9 Å². The van der Waals surface area contributed by atoms with Crippen molar-refractivity contribution in [3.63, 3.8) is 0 Å². The van der Waals surface area contributed by atoms with Gasteiger partial charge in [0.05, 0.1) is 23.8 Å². The van der Waals surface area contributed by atoms with Gasteiger partial charge in [-0.25, -0.2) is 13.8 Å². The van der Waals surface area contributed by atoms with E-state index in [1.165, 1.54) is 17.0 Å². The minimum atomic E-state index is -0.711. The number of nitrogens with zero attached hydrogens (tertiary/aromatic N) is 2. The minimum Gasteiger partial charge on any atom is -0.348 e. The first-order valence-electron chi connectivity index (χ1n) is 9.36. The Morgan fingerprint density at radius 1 is 1.03 bits per heavy atom. The number of halogens is 3. The van der Waals surface area contributed by atoms with Crippen LogP contribution in [0.5, 0.6) is 0 Å². The highest BCUT2D eigenvalue weighted by Gasteiger charge is 2.10. The van der Waals surface area contributed by atoms with Crippen LogP contribution in [0.15, 0.2) is 76.3 Å². The number of hydrogen-bond donors (Lipinski definition) is 1. The average molecular weight is 484 g/mol. The number of amides is 1. The van der Waals surface area contributed by atoms with E-state index < -0.39 is 11.6 Å². The Balaban J connectivity index is 1.45. The molecular formula is C23H16BrF2N3O2. The lowest BCUT2D eigenvalue weighted by atomic mass is 10.1. The topological polar surface area (TPSA) is 64.0 Å². The van der Waals surface area contributed by atoms with Gasteiger partial charge in [0, 0.05) is 28.2 Å². The standard InChI is InChI=1S/C23H16BrF2N3O2/c24-17-6-8-21-19(9-17)23(31)29(13-28-21)12-14-1-3-15(4-2-14)22(30)27-11-16-5-7-18(25)10-20(16)26/h1-10,13H,11-12H2,(H,27,30). The van der Waals surface area contributed by atoms with Crippen LogP contribution in [0, 0.1) is 11.6 Å². The zero-order valence-corrected chi connectivity index (χ0v) is 17.7. The van der Waals surface area contributed by atoms with Gasteiger partial charge >= 0.3 is 0 Å². The Labute approximate surface area is 184 Å². The van der Waals surface area contributed by atoms with Gasteiger partial charge in [0.25, 0.3) is 11.5 Å². The molecule has 1 heterocycles. The van der Waals surface area contributed by atoms with Gasteiger partial charge in [0.15, 0.2) is 0 Å². The fourth-order valence-corrected chi connectivity index (χ4v) is 3.51. The van der Waals surface area contributed by atoms with Crippen molar-refractivity contribution in [3.8, 4) is 0 Å². The molecule has 3 aromatic carbocycles. The van der Waals surface area contributed by atoms with E-state index in [2.05, 4.69) is 26.2 Å². The molecule has 0 aliphatic rings. The van der Waals surface area contributed by atoms with Crippen LogP contribution in [0.2, 0.25) is 0 Å². The molecule has 31 heavy (non-hydrogen) atoms. The zero-order chi connectivity index (χ0) is 22.0. The highest BCUT2D eigenvalue weighted by molar-refractivity contribution is 9.10. The van der Waals surface area contributed by atoms with Crippen molar-refractivity contribution in [3.05, 3.63) is 110 Å². The number of benzene rings is 3. The number of aromatic nitrogens is 2. The SMILES string of the molecule is O=C(NCc1ccc(F)cc1F)c1ccc(Cn2cnc3ccc(Br)cc3c2=O)cc1. The lowest BCUT2D eigenvalue weighted by Crippen LogP contribution is -2.23. The van der Waals surface area contributed by atoms with Gasteiger partial charge in [-0.05, 0) is 42.0 Å². The number of carbonyl (C=O) groups excluding carboxylic acids is 1. The molecule has 4 aromatic rings. The second-order valence-electron chi connectivity index (χ2n) is 6.95. The van der Waals surface area contributed by atoms with E-state index in [-0.39, 0.29) is 23.6 Å². The van der Waals surface area contributed by atoms with Gasteiger partial charge in [0.2, 0.25) is 0 Å². The van der Waals surface area contributed by atoms with Crippen LogP contribution in [-0.2, 0) is 13.1 Å². The van der Waals surface area contributed by atoms with Crippen molar-refractivity contribution in [2.75, 3.05) is 0 Å². The summed E-state index contributed by atoms with van der Waals surface area (Å²) in [5.41, 5.74) is 1.86. The Morgan fingerprint density at radius 2 is 1.81 bits per heavy atom. The lowest BCUT2D eigenvalue weighted by Gasteiger charge is -2.09. The molecule has 0 radical (unpaired) electrons. The highest BCUT2D eigenvalue weighted by Crippen LogP contribution is 2.15.